The van der Waals surface area contributed by atoms with Crippen LogP contribution in [-0.4, -0.2) is 10.8 Å². The maximum Gasteiger partial charge on any atom is 0.163 e. The van der Waals surface area contributed by atoms with E-state index in [0.29, 0.717) is 6.42 Å². The number of carbonyl (C=O) groups is 1. The van der Waals surface area contributed by atoms with Crippen molar-refractivity contribution in [2.45, 2.75) is 58.3 Å². The van der Waals surface area contributed by atoms with Crippen LogP contribution in [0.3, 0.4) is 0 Å². The number of ketones is 1. The second-order valence-corrected chi connectivity index (χ2v) is 5.67. The summed E-state index contributed by atoms with van der Waals surface area (Å²) in [6.07, 6.45) is 11.1. The monoisotopic (exact) mass is 283 g/mol. The summed E-state index contributed by atoms with van der Waals surface area (Å²) >= 11 is 0. The van der Waals surface area contributed by atoms with Gasteiger partial charge in [0.05, 0.1) is 5.52 Å². The first-order valence-corrected chi connectivity index (χ1v) is 8.20. The summed E-state index contributed by atoms with van der Waals surface area (Å²) in [5.74, 6) is 0.252. The quantitative estimate of drug-likeness (QED) is 0.445. The second kappa shape index (κ2) is 8.56. The van der Waals surface area contributed by atoms with E-state index >= 15 is 0 Å². The van der Waals surface area contributed by atoms with E-state index in [0.717, 1.165) is 22.9 Å². The number of pyridine rings is 1. The summed E-state index contributed by atoms with van der Waals surface area (Å²) in [6.45, 7) is 2.23. The van der Waals surface area contributed by atoms with Crippen LogP contribution in [0, 0.1) is 0 Å². The Balaban J connectivity index is 1.83. The fraction of sp³-hybridized carbons (Fsp3) is 0.474. The smallest absolute Gasteiger partial charge is 0.163 e. The van der Waals surface area contributed by atoms with Crippen LogP contribution in [0.1, 0.15) is 68.6 Å². The van der Waals surface area contributed by atoms with Crippen molar-refractivity contribution in [2.24, 2.45) is 0 Å². The average Bonchev–Trinajstić information content (AvgIpc) is 2.53. The number of unbranched alkanes of at least 4 members (excludes halogenated alkanes) is 6. The van der Waals surface area contributed by atoms with Crippen molar-refractivity contribution >= 4 is 16.7 Å². The third-order valence-corrected chi connectivity index (χ3v) is 3.95. The molecule has 2 rings (SSSR count). The molecule has 0 radical (unpaired) electrons. The topological polar surface area (TPSA) is 30.0 Å². The number of Topliss-reactive ketones (excluding diaryl/α,β-unsaturated/α-hetero) is 1. The zero-order valence-electron chi connectivity index (χ0n) is 13.0. The van der Waals surface area contributed by atoms with Gasteiger partial charge in [-0.2, -0.15) is 0 Å². The molecule has 0 saturated carbocycles. The van der Waals surface area contributed by atoms with E-state index in [1.807, 2.05) is 30.3 Å². The fourth-order valence-corrected chi connectivity index (χ4v) is 2.72. The molecule has 0 bridgehead atoms. The maximum atomic E-state index is 12.4. The average molecular weight is 283 g/mol. The summed E-state index contributed by atoms with van der Waals surface area (Å²) in [6, 6.07) is 9.69. The van der Waals surface area contributed by atoms with Gasteiger partial charge in [0.2, 0.25) is 0 Å². The van der Waals surface area contributed by atoms with E-state index in [1.165, 1.54) is 38.5 Å². The number of hydrogen-bond acceptors (Lipinski definition) is 2. The first kappa shape index (κ1) is 15.7. The molecule has 1 aromatic carbocycles. The molecular weight excluding hydrogens is 258 g/mol. The number of fused-ring (bicyclic) bond motifs is 1. The summed E-state index contributed by atoms with van der Waals surface area (Å²) in [5.41, 5.74) is 1.73. The fourth-order valence-electron chi connectivity index (χ4n) is 2.72. The molecule has 0 aliphatic rings. The predicted octanol–water partition coefficient (Wildman–Crippen LogP) is 5.56. The lowest BCUT2D eigenvalue weighted by Crippen LogP contribution is -2.00. The van der Waals surface area contributed by atoms with Crippen LogP contribution in [0.4, 0.5) is 0 Å². The largest absolute Gasteiger partial charge is 0.294 e. The summed E-state index contributed by atoms with van der Waals surface area (Å²) < 4.78 is 0. The third kappa shape index (κ3) is 4.66. The van der Waals surface area contributed by atoms with Crippen molar-refractivity contribution < 1.29 is 4.79 Å². The predicted molar refractivity (Wildman–Crippen MR) is 88.7 cm³/mol. The van der Waals surface area contributed by atoms with Gasteiger partial charge in [-0.1, -0.05) is 63.6 Å². The number of hydrogen-bond donors (Lipinski definition) is 0. The Labute approximate surface area is 127 Å². The van der Waals surface area contributed by atoms with E-state index < -0.39 is 0 Å². The van der Waals surface area contributed by atoms with Gasteiger partial charge in [0.15, 0.2) is 5.78 Å². The molecule has 21 heavy (non-hydrogen) atoms. The molecule has 2 nitrogen and oxygen atoms in total. The van der Waals surface area contributed by atoms with Crippen LogP contribution < -0.4 is 0 Å². The highest BCUT2D eigenvalue weighted by Crippen LogP contribution is 2.19. The second-order valence-electron chi connectivity index (χ2n) is 5.67. The third-order valence-electron chi connectivity index (χ3n) is 3.95. The Morgan fingerprint density at radius 2 is 1.71 bits per heavy atom. The van der Waals surface area contributed by atoms with Gasteiger partial charge in [-0.15, -0.1) is 0 Å². The number of nitrogens with zero attached hydrogens (tertiary/aromatic N) is 1. The van der Waals surface area contributed by atoms with Gasteiger partial charge >= 0.3 is 0 Å². The van der Waals surface area contributed by atoms with Crippen LogP contribution in [0.5, 0.6) is 0 Å². The minimum Gasteiger partial charge on any atom is -0.294 e. The molecule has 2 aromatic rings. The van der Waals surface area contributed by atoms with Gasteiger partial charge in [0.1, 0.15) is 0 Å². The van der Waals surface area contributed by atoms with Gasteiger partial charge in [0.25, 0.3) is 0 Å². The van der Waals surface area contributed by atoms with E-state index in [2.05, 4.69) is 11.9 Å². The summed E-state index contributed by atoms with van der Waals surface area (Å²) in [5, 5.41) is 0.980. The Hall–Kier alpha value is -1.70. The highest BCUT2D eigenvalue weighted by Gasteiger charge is 2.09. The van der Waals surface area contributed by atoms with Crippen LogP contribution in [0.2, 0.25) is 0 Å². The van der Waals surface area contributed by atoms with Crippen molar-refractivity contribution in [1.82, 2.24) is 4.98 Å². The van der Waals surface area contributed by atoms with Crippen LogP contribution in [0.25, 0.3) is 10.9 Å². The molecule has 0 amide bonds. The minimum absolute atomic E-state index is 0.252. The molecule has 1 aromatic heterocycles. The first-order valence-electron chi connectivity index (χ1n) is 8.20. The Morgan fingerprint density at radius 3 is 2.52 bits per heavy atom. The molecule has 0 aliphatic carbocycles. The molecule has 0 aliphatic heterocycles. The first-order chi connectivity index (χ1) is 10.3. The zero-order valence-corrected chi connectivity index (χ0v) is 13.0. The molecule has 0 atom stereocenters. The van der Waals surface area contributed by atoms with Gasteiger partial charge in [-0.25, -0.2) is 0 Å². The van der Waals surface area contributed by atoms with E-state index in [1.54, 1.807) is 6.20 Å². The molecule has 1 heterocycles. The normalized spacial score (nSPS) is 10.9. The maximum absolute atomic E-state index is 12.4. The molecular formula is C19H25NO. The molecule has 0 fully saturated rings. The van der Waals surface area contributed by atoms with Gasteiger partial charge in [-0.3, -0.25) is 9.78 Å². The lowest BCUT2D eigenvalue weighted by Gasteiger charge is -2.05. The Morgan fingerprint density at radius 1 is 0.952 bits per heavy atom. The van der Waals surface area contributed by atoms with Crippen LogP contribution in [-0.2, 0) is 0 Å². The molecule has 0 unspecified atom stereocenters. The minimum atomic E-state index is 0.252. The molecule has 0 spiro atoms. The van der Waals surface area contributed by atoms with Crippen molar-refractivity contribution in [3.63, 3.8) is 0 Å². The van der Waals surface area contributed by atoms with Gasteiger partial charge in [-0.05, 0) is 18.6 Å². The van der Waals surface area contributed by atoms with Crippen molar-refractivity contribution in [2.75, 3.05) is 0 Å². The Kier molecular flexibility index (Phi) is 6.39. The Bertz CT molecular complexity index is 571. The van der Waals surface area contributed by atoms with Crippen molar-refractivity contribution in [1.29, 1.82) is 0 Å². The standard InChI is InChI=1S/C19H25NO/c1-2-3-4-5-6-7-8-14-19(21)17-11-9-13-18-16(17)12-10-15-20-18/h9-13,15H,2-8,14H2,1H3. The zero-order chi connectivity index (χ0) is 14.9. The molecule has 0 N–H and O–H groups in total. The highest BCUT2D eigenvalue weighted by atomic mass is 16.1. The van der Waals surface area contributed by atoms with Crippen molar-refractivity contribution in [3.05, 3.63) is 42.1 Å². The molecule has 112 valence electrons. The number of aromatic nitrogens is 1. The van der Waals surface area contributed by atoms with Gasteiger partial charge < -0.3 is 0 Å². The summed E-state index contributed by atoms with van der Waals surface area (Å²) in [4.78, 5) is 16.7. The number of rotatable bonds is 9. The van der Waals surface area contributed by atoms with E-state index in [-0.39, 0.29) is 5.78 Å². The SMILES string of the molecule is CCCCCCCCCC(=O)c1cccc2ncccc12. The van der Waals surface area contributed by atoms with Crippen molar-refractivity contribution in [3.8, 4) is 0 Å². The lowest BCUT2D eigenvalue weighted by atomic mass is 10.00. The lowest BCUT2D eigenvalue weighted by molar-refractivity contribution is 0.0980. The molecule has 2 heteroatoms. The summed E-state index contributed by atoms with van der Waals surface area (Å²) in [7, 11) is 0. The number of benzene rings is 1. The highest BCUT2D eigenvalue weighted by molar-refractivity contribution is 6.07. The number of carbonyl (C=O) groups excluding carboxylic acids is 1. The van der Waals surface area contributed by atoms with E-state index in [4.69, 9.17) is 0 Å². The van der Waals surface area contributed by atoms with Crippen LogP contribution >= 0.6 is 0 Å². The van der Waals surface area contributed by atoms with E-state index in [9.17, 15) is 4.79 Å². The van der Waals surface area contributed by atoms with Crippen LogP contribution in [0.15, 0.2) is 36.5 Å². The molecule has 0 saturated heterocycles. The van der Waals surface area contributed by atoms with Gasteiger partial charge in [0, 0.05) is 23.6 Å².